The van der Waals surface area contributed by atoms with Gasteiger partial charge >= 0.3 is 0 Å². The summed E-state index contributed by atoms with van der Waals surface area (Å²) in [5.74, 6) is -2.46. The number of carbonyl (C=O) groups excluding carboxylic acids is 1. The molecule has 3 rings (SSSR count). The molecule has 0 aliphatic rings. The zero-order chi connectivity index (χ0) is 19.6. The molecular weight excluding hydrogens is 392 g/mol. The van der Waals surface area contributed by atoms with E-state index in [1.807, 2.05) is 19.0 Å². The summed E-state index contributed by atoms with van der Waals surface area (Å²) in [6.45, 7) is 1.18. The van der Waals surface area contributed by atoms with Crippen LogP contribution in [-0.4, -0.2) is 43.0 Å². The van der Waals surface area contributed by atoms with E-state index in [2.05, 4.69) is 4.98 Å². The summed E-state index contributed by atoms with van der Waals surface area (Å²) in [6, 6.07) is 8.47. The van der Waals surface area contributed by atoms with E-state index in [0.717, 1.165) is 28.9 Å². The number of anilines is 1. The van der Waals surface area contributed by atoms with Gasteiger partial charge in [0.15, 0.2) is 16.8 Å². The highest BCUT2D eigenvalue weighted by Gasteiger charge is 2.22. The molecule has 8 heteroatoms. The Morgan fingerprint density at radius 2 is 1.89 bits per heavy atom. The molecule has 3 aromatic rings. The van der Waals surface area contributed by atoms with Gasteiger partial charge in [-0.25, -0.2) is 13.8 Å². The van der Waals surface area contributed by atoms with Crippen molar-refractivity contribution in [1.82, 2.24) is 9.88 Å². The second kappa shape index (κ2) is 8.29. The van der Waals surface area contributed by atoms with Gasteiger partial charge in [0, 0.05) is 17.1 Å². The maximum absolute atomic E-state index is 13.6. The van der Waals surface area contributed by atoms with Crippen molar-refractivity contribution in [1.29, 1.82) is 0 Å². The van der Waals surface area contributed by atoms with E-state index < -0.39 is 17.5 Å². The number of aromatic nitrogens is 1. The van der Waals surface area contributed by atoms with Gasteiger partial charge in [-0.3, -0.25) is 9.69 Å². The van der Waals surface area contributed by atoms with E-state index in [0.29, 0.717) is 23.1 Å². The van der Waals surface area contributed by atoms with Crippen LogP contribution in [0.5, 0.6) is 0 Å². The van der Waals surface area contributed by atoms with E-state index in [1.54, 1.807) is 18.2 Å². The number of carbonyl (C=O) groups is 1. The van der Waals surface area contributed by atoms with Gasteiger partial charge in [-0.2, -0.15) is 0 Å². The molecule has 1 amide bonds. The van der Waals surface area contributed by atoms with Crippen molar-refractivity contribution in [2.24, 2.45) is 0 Å². The SMILES string of the molecule is CN(C)CCCN(C(=O)c1ccc(F)c(F)c1)c1nc2ccc(Cl)cc2s1. The second-order valence-corrected chi connectivity index (χ2v) is 7.80. The predicted octanol–water partition coefficient (Wildman–Crippen LogP) is 4.83. The number of amides is 1. The van der Waals surface area contributed by atoms with Crippen molar-refractivity contribution in [3.8, 4) is 0 Å². The fourth-order valence-corrected chi connectivity index (χ4v) is 3.88. The van der Waals surface area contributed by atoms with E-state index in [1.165, 1.54) is 22.3 Å². The van der Waals surface area contributed by atoms with Gasteiger partial charge in [-0.05, 0) is 63.5 Å². The average Bonchev–Trinajstić information content (AvgIpc) is 3.03. The minimum atomic E-state index is -1.05. The molecule has 0 bridgehead atoms. The third kappa shape index (κ3) is 4.61. The fraction of sp³-hybridized carbons (Fsp3) is 0.263. The quantitative estimate of drug-likeness (QED) is 0.585. The van der Waals surface area contributed by atoms with Crippen molar-refractivity contribution in [3.05, 3.63) is 58.6 Å². The molecular formula is C19H18ClF2N3OS. The van der Waals surface area contributed by atoms with Crippen LogP contribution in [-0.2, 0) is 0 Å². The lowest BCUT2D eigenvalue weighted by molar-refractivity contribution is 0.0985. The zero-order valence-electron chi connectivity index (χ0n) is 14.9. The molecule has 0 unspecified atom stereocenters. The van der Waals surface area contributed by atoms with Crippen LogP contribution in [0.25, 0.3) is 10.2 Å². The number of rotatable bonds is 6. The standard InChI is InChI=1S/C19H18ClF2N3OS/c1-24(2)8-3-9-25(18(26)12-4-6-14(21)15(22)10-12)19-23-16-7-5-13(20)11-17(16)27-19/h4-7,10-11H,3,8-9H2,1-2H3. The zero-order valence-corrected chi connectivity index (χ0v) is 16.4. The molecule has 142 valence electrons. The smallest absolute Gasteiger partial charge is 0.260 e. The van der Waals surface area contributed by atoms with Gasteiger partial charge in [0.05, 0.1) is 10.2 Å². The molecule has 0 fully saturated rings. The van der Waals surface area contributed by atoms with Crippen molar-refractivity contribution in [2.45, 2.75) is 6.42 Å². The highest BCUT2D eigenvalue weighted by Crippen LogP contribution is 2.31. The van der Waals surface area contributed by atoms with E-state index in [9.17, 15) is 13.6 Å². The van der Waals surface area contributed by atoms with Gasteiger partial charge in [-0.15, -0.1) is 0 Å². The first-order chi connectivity index (χ1) is 12.8. The number of halogens is 3. The topological polar surface area (TPSA) is 36.4 Å². The van der Waals surface area contributed by atoms with Crippen LogP contribution in [0, 0.1) is 11.6 Å². The van der Waals surface area contributed by atoms with E-state index >= 15 is 0 Å². The molecule has 27 heavy (non-hydrogen) atoms. The van der Waals surface area contributed by atoms with Crippen molar-refractivity contribution < 1.29 is 13.6 Å². The molecule has 0 saturated carbocycles. The Balaban J connectivity index is 1.95. The third-order valence-corrected chi connectivity index (χ3v) is 5.25. The predicted molar refractivity (Wildman–Crippen MR) is 106 cm³/mol. The summed E-state index contributed by atoms with van der Waals surface area (Å²) in [7, 11) is 3.89. The Bertz CT molecular complexity index is 977. The number of hydrogen-bond acceptors (Lipinski definition) is 4. The van der Waals surface area contributed by atoms with Crippen LogP contribution >= 0.6 is 22.9 Å². The minimum Gasteiger partial charge on any atom is -0.309 e. The molecule has 0 saturated heterocycles. The molecule has 2 aromatic carbocycles. The Labute approximate surface area is 165 Å². The lowest BCUT2D eigenvalue weighted by atomic mass is 10.2. The normalized spacial score (nSPS) is 11.3. The highest BCUT2D eigenvalue weighted by molar-refractivity contribution is 7.22. The average molecular weight is 410 g/mol. The maximum atomic E-state index is 13.6. The van der Waals surface area contributed by atoms with Crippen LogP contribution in [0.1, 0.15) is 16.8 Å². The molecule has 0 atom stereocenters. The first-order valence-corrected chi connectivity index (χ1v) is 9.52. The van der Waals surface area contributed by atoms with Crippen LogP contribution in [0.4, 0.5) is 13.9 Å². The van der Waals surface area contributed by atoms with Gasteiger partial charge in [-0.1, -0.05) is 22.9 Å². The number of benzene rings is 2. The van der Waals surface area contributed by atoms with Crippen molar-refractivity contribution in [3.63, 3.8) is 0 Å². The largest absolute Gasteiger partial charge is 0.309 e. The molecule has 1 aromatic heterocycles. The highest BCUT2D eigenvalue weighted by atomic mass is 35.5. The van der Waals surface area contributed by atoms with Gasteiger partial charge < -0.3 is 4.90 Å². The minimum absolute atomic E-state index is 0.0797. The van der Waals surface area contributed by atoms with Crippen molar-refractivity contribution in [2.75, 3.05) is 32.1 Å². The summed E-state index contributed by atoms with van der Waals surface area (Å²) < 4.78 is 27.7. The lowest BCUT2D eigenvalue weighted by Gasteiger charge is -2.21. The molecule has 0 aliphatic heterocycles. The summed E-state index contributed by atoms with van der Waals surface area (Å²) in [6.07, 6.45) is 0.707. The van der Waals surface area contributed by atoms with Gasteiger partial charge in [0.25, 0.3) is 5.91 Å². The molecule has 0 spiro atoms. The Kier molecular flexibility index (Phi) is 6.04. The van der Waals surface area contributed by atoms with E-state index in [4.69, 9.17) is 11.6 Å². The van der Waals surface area contributed by atoms with Gasteiger partial charge in [0.2, 0.25) is 0 Å². The Morgan fingerprint density at radius 1 is 1.11 bits per heavy atom. The first-order valence-electron chi connectivity index (χ1n) is 8.33. The number of hydrogen-bond donors (Lipinski definition) is 0. The lowest BCUT2D eigenvalue weighted by Crippen LogP contribution is -2.33. The third-order valence-electron chi connectivity index (χ3n) is 3.97. The summed E-state index contributed by atoms with van der Waals surface area (Å²) in [5, 5.41) is 1.09. The van der Waals surface area contributed by atoms with Gasteiger partial charge in [0.1, 0.15) is 0 Å². The molecule has 0 radical (unpaired) electrons. The summed E-state index contributed by atoms with van der Waals surface area (Å²) in [5.41, 5.74) is 0.811. The van der Waals surface area contributed by atoms with E-state index in [-0.39, 0.29) is 5.56 Å². The Morgan fingerprint density at radius 3 is 2.59 bits per heavy atom. The number of nitrogens with zero attached hydrogens (tertiary/aromatic N) is 3. The fourth-order valence-electron chi connectivity index (χ4n) is 2.62. The number of fused-ring (bicyclic) bond motifs is 1. The maximum Gasteiger partial charge on any atom is 0.260 e. The summed E-state index contributed by atoms with van der Waals surface area (Å²) in [4.78, 5) is 21.0. The molecule has 1 heterocycles. The van der Waals surface area contributed by atoms with Crippen LogP contribution in [0.3, 0.4) is 0 Å². The monoisotopic (exact) mass is 409 g/mol. The summed E-state index contributed by atoms with van der Waals surface area (Å²) >= 11 is 7.37. The molecule has 0 aliphatic carbocycles. The first kappa shape index (κ1) is 19.7. The number of thiazole rings is 1. The van der Waals surface area contributed by atoms with Crippen LogP contribution in [0.15, 0.2) is 36.4 Å². The Hall–Kier alpha value is -2.09. The molecule has 0 N–H and O–H groups in total. The molecule has 4 nitrogen and oxygen atoms in total. The second-order valence-electron chi connectivity index (χ2n) is 6.35. The van der Waals surface area contributed by atoms with Crippen LogP contribution < -0.4 is 4.90 Å². The van der Waals surface area contributed by atoms with Crippen molar-refractivity contribution >= 4 is 44.2 Å². The van der Waals surface area contributed by atoms with Crippen LogP contribution in [0.2, 0.25) is 5.02 Å².